The molecule has 5 heterocycles. The Morgan fingerprint density at radius 1 is 0.431 bits per heavy atom. The lowest BCUT2D eigenvalue weighted by Gasteiger charge is -2.14. The van der Waals surface area contributed by atoms with Gasteiger partial charge in [0.05, 0.1) is 38.6 Å². The van der Waals surface area contributed by atoms with Crippen LogP contribution in [0.2, 0.25) is 0 Å². The van der Waals surface area contributed by atoms with E-state index in [2.05, 4.69) is 130 Å². The third kappa shape index (κ3) is 3.13. The number of aromatic nitrogens is 4. The molecule has 0 bridgehead atoms. The second kappa shape index (κ2) is 8.97. The molecule has 5 aromatic heterocycles. The fourth-order valence-electron chi connectivity index (χ4n) is 9.09. The molecule has 5 nitrogen and oxygen atoms in total. The summed E-state index contributed by atoms with van der Waals surface area (Å²) in [5, 5.41) is 12.2. The molecule has 0 amide bonds. The van der Waals surface area contributed by atoms with Crippen LogP contribution >= 0.6 is 0 Å². The quantitative estimate of drug-likeness (QED) is 0.187. The van der Waals surface area contributed by atoms with E-state index >= 15 is 0 Å². The summed E-state index contributed by atoms with van der Waals surface area (Å²) in [6.07, 6.45) is 0. The lowest BCUT2D eigenvalue weighted by molar-refractivity contribution is 0.669. The molecule has 0 saturated heterocycles. The average Bonchev–Trinajstić information content (AvgIpc) is 3.81. The van der Waals surface area contributed by atoms with Gasteiger partial charge in [0.2, 0.25) is 0 Å². The topological polar surface area (TPSA) is 48.3 Å². The van der Waals surface area contributed by atoms with Gasteiger partial charge in [0.1, 0.15) is 16.9 Å². The molecule has 234 valence electrons. The predicted molar refractivity (Wildman–Crippen MR) is 210 cm³/mol. The summed E-state index contributed by atoms with van der Waals surface area (Å²) in [6.45, 7) is 0. The molecule has 0 aliphatic carbocycles. The highest BCUT2D eigenvalue weighted by molar-refractivity contribution is 6.37. The van der Waals surface area contributed by atoms with Gasteiger partial charge in [0.15, 0.2) is 5.82 Å². The first-order valence-corrected chi connectivity index (χ1v) is 17.3. The van der Waals surface area contributed by atoms with Crippen LogP contribution in [0.15, 0.2) is 150 Å². The zero-order valence-corrected chi connectivity index (χ0v) is 27.1. The van der Waals surface area contributed by atoms with Crippen molar-refractivity contribution in [2.45, 2.75) is 0 Å². The number of benzene rings is 8. The molecule has 0 fully saturated rings. The van der Waals surface area contributed by atoms with Crippen LogP contribution in [-0.2, 0) is 0 Å². The van der Waals surface area contributed by atoms with Crippen molar-refractivity contribution in [1.82, 2.24) is 18.9 Å². The van der Waals surface area contributed by atoms with Crippen molar-refractivity contribution in [3.8, 4) is 17.1 Å². The maximum absolute atomic E-state index is 6.23. The number of para-hydroxylation sites is 4. The molecule has 13 aromatic rings. The van der Waals surface area contributed by atoms with Crippen LogP contribution in [0.5, 0.6) is 0 Å². The molecular formula is C46H24N4O. The van der Waals surface area contributed by atoms with Crippen LogP contribution in [0.1, 0.15) is 0 Å². The summed E-state index contributed by atoms with van der Waals surface area (Å²) >= 11 is 0. The van der Waals surface area contributed by atoms with Gasteiger partial charge in [-0.3, -0.25) is 4.57 Å². The standard InChI is InChI=1S/C46H24N4O/c1-5-13-34-28(9-1)30-20-16-26-18-22-37-43-41(26)45(30)49(34)35-14-7-8-25-17-21-36(42(43)40(25)35)50(37)46-44(47-32-11-3-4-12-33(32)48-46)27-19-23-39-31(24-27)29-10-2-6-15-38(29)51-39/h1-24H. The van der Waals surface area contributed by atoms with Crippen molar-refractivity contribution < 1.29 is 4.42 Å². The zero-order valence-electron chi connectivity index (χ0n) is 27.1. The van der Waals surface area contributed by atoms with E-state index in [1.807, 2.05) is 24.3 Å². The number of rotatable bonds is 2. The Morgan fingerprint density at radius 2 is 1.12 bits per heavy atom. The number of hydrogen-bond donors (Lipinski definition) is 0. The Labute approximate surface area is 288 Å². The van der Waals surface area contributed by atoms with Crippen molar-refractivity contribution >= 4 is 104 Å². The molecule has 0 unspecified atom stereocenters. The van der Waals surface area contributed by atoms with Gasteiger partial charge >= 0.3 is 0 Å². The minimum absolute atomic E-state index is 0.810. The fourth-order valence-corrected chi connectivity index (χ4v) is 9.09. The summed E-state index contributed by atoms with van der Waals surface area (Å²) in [5.74, 6) is 0.810. The van der Waals surface area contributed by atoms with E-state index in [0.717, 1.165) is 61.1 Å². The summed E-state index contributed by atoms with van der Waals surface area (Å²) in [5.41, 5.74) is 11.2. The number of furan rings is 1. The van der Waals surface area contributed by atoms with Gasteiger partial charge in [-0.25, -0.2) is 9.97 Å². The molecule has 0 spiro atoms. The van der Waals surface area contributed by atoms with Gasteiger partial charge in [0, 0.05) is 48.7 Å². The third-order valence-electron chi connectivity index (χ3n) is 11.2. The van der Waals surface area contributed by atoms with Crippen LogP contribution in [0, 0.1) is 0 Å². The number of fused-ring (bicyclic) bond motifs is 8. The van der Waals surface area contributed by atoms with Crippen molar-refractivity contribution in [3.05, 3.63) is 146 Å². The molecule has 0 saturated carbocycles. The van der Waals surface area contributed by atoms with E-state index in [1.165, 1.54) is 59.6 Å². The van der Waals surface area contributed by atoms with Crippen LogP contribution in [0.25, 0.3) is 121 Å². The highest BCUT2D eigenvalue weighted by atomic mass is 16.3. The predicted octanol–water partition coefficient (Wildman–Crippen LogP) is 12.0. The second-order valence-electron chi connectivity index (χ2n) is 13.7. The molecule has 0 atom stereocenters. The van der Waals surface area contributed by atoms with Crippen molar-refractivity contribution in [2.75, 3.05) is 0 Å². The smallest absolute Gasteiger partial charge is 0.165 e. The maximum Gasteiger partial charge on any atom is 0.165 e. The lowest BCUT2D eigenvalue weighted by atomic mass is 9.98. The summed E-state index contributed by atoms with van der Waals surface area (Å²) in [6, 6.07) is 52.0. The van der Waals surface area contributed by atoms with E-state index in [1.54, 1.807) is 0 Å². The second-order valence-corrected chi connectivity index (χ2v) is 13.7. The zero-order chi connectivity index (χ0) is 32.9. The fraction of sp³-hybridized carbons (Fsp3) is 0. The van der Waals surface area contributed by atoms with Gasteiger partial charge in [-0.2, -0.15) is 0 Å². The molecule has 0 aliphatic heterocycles. The summed E-state index contributed by atoms with van der Waals surface area (Å²) in [4.78, 5) is 10.8. The Balaban J connectivity index is 1.25. The SMILES string of the molecule is c1ccc2nc(-n3c4ccc5cccc6c5c4c4c5c(ccc7c8ccccc8n6c75)ccc43)c(-c3ccc4oc5ccccc5c4c3)nc2c1. The van der Waals surface area contributed by atoms with Gasteiger partial charge in [0.25, 0.3) is 0 Å². The van der Waals surface area contributed by atoms with E-state index in [4.69, 9.17) is 14.4 Å². The first kappa shape index (κ1) is 26.0. The molecule has 8 aromatic carbocycles. The Hall–Kier alpha value is -6.98. The monoisotopic (exact) mass is 648 g/mol. The van der Waals surface area contributed by atoms with Crippen LogP contribution in [-0.4, -0.2) is 18.9 Å². The van der Waals surface area contributed by atoms with Crippen molar-refractivity contribution in [1.29, 1.82) is 0 Å². The minimum Gasteiger partial charge on any atom is -0.456 e. The van der Waals surface area contributed by atoms with Gasteiger partial charge in [-0.05, 0) is 71.4 Å². The van der Waals surface area contributed by atoms with Gasteiger partial charge in [-0.15, -0.1) is 0 Å². The third-order valence-corrected chi connectivity index (χ3v) is 11.2. The molecule has 13 rings (SSSR count). The van der Waals surface area contributed by atoms with Crippen LogP contribution < -0.4 is 0 Å². The van der Waals surface area contributed by atoms with Crippen LogP contribution in [0.4, 0.5) is 0 Å². The van der Waals surface area contributed by atoms with Crippen molar-refractivity contribution in [3.63, 3.8) is 0 Å². The maximum atomic E-state index is 6.23. The Bertz CT molecular complexity index is 3600. The Morgan fingerprint density at radius 3 is 2.00 bits per heavy atom. The normalized spacial score (nSPS) is 12.7. The van der Waals surface area contributed by atoms with Gasteiger partial charge in [-0.1, -0.05) is 84.9 Å². The molecule has 0 N–H and O–H groups in total. The first-order chi connectivity index (χ1) is 25.3. The summed E-state index contributed by atoms with van der Waals surface area (Å²) in [7, 11) is 0. The Kier molecular flexibility index (Phi) is 4.57. The molecule has 0 aliphatic rings. The molecular weight excluding hydrogens is 625 g/mol. The van der Waals surface area contributed by atoms with Gasteiger partial charge < -0.3 is 8.82 Å². The van der Waals surface area contributed by atoms with E-state index < -0.39 is 0 Å². The molecule has 5 heteroatoms. The largest absolute Gasteiger partial charge is 0.456 e. The number of hydrogen-bond acceptors (Lipinski definition) is 3. The summed E-state index contributed by atoms with van der Waals surface area (Å²) < 4.78 is 11.1. The highest BCUT2D eigenvalue weighted by Gasteiger charge is 2.26. The first-order valence-electron chi connectivity index (χ1n) is 17.3. The number of nitrogens with zero attached hydrogens (tertiary/aromatic N) is 4. The van der Waals surface area contributed by atoms with E-state index in [0.29, 0.717) is 0 Å². The average molecular weight is 649 g/mol. The van der Waals surface area contributed by atoms with E-state index in [9.17, 15) is 0 Å². The van der Waals surface area contributed by atoms with Crippen LogP contribution in [0.3, 0.4) is 0 Å². The molecule has 0 radical (unpaired) electrons. The minimum atomic E-state index is 0.810. The molecule has 51 heavy (non-hydrogen) atoms. The van der Waals surface area contributed by atoms with Crippen molar-refractivity contribution in [2.24, 2.45) is 0 Å². The highest BCUT2D eigenvalue weighted by Crippen LogP contribution is 2.48. The lowest BCUT2D eigenvalue weighted by Crippen LogP contribution is -2.04. The van der Waals surface area contributed by atoms with E-state index in [-0.39, 0.29) is 0 Å².